The fourth-order valence-corrected chi connectivity index (χ4v) is 3.28. The van der Waals surface area contributed by atoms with Gasteiger partial charge in [-0.2, -0.15) is 0 Å². The van der Waals surface area contributed by atoms with E-state index in [2.05, 4.69) is 20.8 Å². The Morgan fingerprint density at radius 2 is 1.97 bits per heavy atom. The van der Waals surface area contributed by atoms with Crippen molar-refractivity contribution < 1.29 is 32.5 Å². The maximum Gasteiger partial charge on any atom is 0.339 e. The van der Waals surface area contributed by atoms with E-state index in [1.807, 2.05) is 0 Å². The molecule has 0 fully saturated rings. The average molecular weight is 452 g/mol. The third-order valence-electron chi connectivity index (χ3n) is 4.74. The minimum absolute atomic E-state index is 0.101. The van der Waals surface area contributed by atoms with Gasteiger partial charge in [0.25, 0.3) is 11.6 Å². The molecule has 0 aliphatic carbocycles. The summed E-state index contributed by atoms with van der Waals surface area (Å²) in [6.45, 7) is 4.67. The smallest absolute Gasteiger partial charge is 0.339 e. The van der Waals surface area contributed by atoms with Gasteiger partial charge < -0.3 is 23.4 Å². The van der Waals surface area contributed by atoms with E-state index in [1.54, 1.807) is 39.0 Å². The van der Waals surface area contributed by atoms with Gasteiger partial charge in [0.05, 0.1) is 35.1 Å². The van der Waals surface area contributed by atoms with Gasteiger partial charge in [0.1, 0.15) is 17.3 Å². The predicted molar refractivity (Wildman–Crippen MR) is 113 cm³/mol. The highest BCUT2D eigenvalue weighted by molar-refractivity contribution is 6.05. The molecule has 0 aliphatic heterocycles. The summed E-state index contributed by atoms with van der Waals surface area (Å²) in [4.78, 5) is 41.1. The predicted octanol–water partition coefficient (Wildman–Crippen LogP) is 3.18. The lowest BCUT2D eigenvalue weighted by atomic mass is 10.1. The van der Waals surface area contributed by atoms with Gasteiger partial charge in [-0.15, -0.1) is 0 Å². The lowest BCUT2D eigenvalue weighted by Crippen LogP contribution is -2.41. The number of urea groups is 1. The summed E-state index contributed by atoms with van der Waals surface area (Å²) >= 11 is 0. The van der Waals surface area contributed by atoms with Gasteiger partial charge in [0.2, 0.25) is 0 Å². The van der Waals surface area contributed by atoms with E-state index in [4.69, 9.17) is 18.1 Å². The third-order valence-corrected chi connectivity index (χ3v) is 4.74. The number of nitrogens with zero attached hydrogens (tertiary/aromatic N) is 2. The Bertz CT molecular complexity index is 1330. The molecule has 11 nitrogen and oxygen atoms in total. The molecule has 0 bridgehead atoms. The Hall–Kier alpha value is -4.41. The summed E-state index contributed by atoms with van der Waals surface area (Å²) < 4.78 is 21.0. The van der Waals surface area contributed by atoms with Gasteiger partial charge >= 0.3 is 12.0 Å². The number of carbonyl (C=O) groups excluding carboxylic acids is 3. The highest BCUT2D eigenvalue weighted by atomic mass is 16.5. The van der Waals surface area contributed by atoms with Crippen LogP contribution in [0.1, 0.15) is 33.3 Å². The van der Waals surface area contributed by atoms with Crippen LogP contribution in [0.15, 0.2) is 43.9 Å². The number of imide groups is 1. The molecular weight excluding hydrogens is 432 g/mol. The second-order valence-electron chi connectivity index (χ2n) is 7.22. The number of carbonyl (C=O) groups is 3. The minimum Gasteiger partial charge on any atom is -0.467 e. The SMILES string of the molecule is Cc1cc(-c2cc(C(=O)OCC(=O)NC(=O)NCc3ccco3)c3c(C)noc3n2)c(C)o1. The molecule has 4 heterocycles. The number of hydrogen-bond acceptors (Lipinski definition) is 9. The molecule has 0 saturated heterocycles. The molecule has 0 unspecified atom stereocenters. The number of esters is 1. The minimum atomic E-state index is -0.797. The number of aryl methyl sites for hydroxylation is 3. The Morgan fingerprint density at radius 1 is 1.15 bits per heavy atom. The molecule has 0 aliphatic rings. The molecule has 170 valence electrons. The summed E-state index contributed by atoms with van der Waals surface area (Å²) in [7, 11) is 0. The van der Waals surface area contributed by atoms with Crippen LogP contribution < -0.4 is 10.6 Å². The average Bonchev–Trinajstić information content (AvgIpc) is 3.51. The van der Waals surface area contributed by atoms with Crippen molar-refractivity contribution >= 4 is 29.0 Å². The van der Waals surface area contributed by atoms with Crippen molar-refractivity contribution in [3.8, 4) is 11.3 Å². The van der Waals surface area contributed by atoms with Gasteiger partial charge in [-0.25, -0.2) is 14.6 Å². The molecule has 0 aromatic carbocycles. The number of rotatable bonds is 6. The van der Waals surface area contributed by atoms with Gasteiger partial charge in [-0.1, -0.05) is 5.16 Å². The van der Waals surface area contributed by atoms with Crippen molar-refractivity contribution in [3.05, 3.63) is 59.1 Å². The van der Waals surface area contributed by atoms with E-state index in [0.717, 1.165) is 0 Å². The Balaban J connectivity index is 1.46. The van der Waals surface area contributed by atoms with Crippen LogP contribution in [-0.4, -0.2) is 34.7 Å². The maximum absolute atomic E-state index is 12.8. The highest BCUT2D eigenvalue weighted by Crippen LogP contribution is 2.30. The Kier molecular flexibility index (Phi) is 5.94. The van der Waals surface area contributed by atoms with Crippen molar-refractivity contribution in [2.24, 2.45) is 0 Å². The molecule has 2 N–H and O–H groups in total. The molecule has 3 amide bonds. The van der Waals surface area contributed by atoms with Crippen LogP contribution in [0.3, 0.4) is 0 Å². The maximum atomic E-state index is 12.8. The fourth-order valence-electron chi connectivity index (χ4n) is 3.28. The van der Waals surface area contributed by atoms with E-state index in [0.29, 0.717) is 39.6 Å². The summed E-state index contributed by atoms with van der Waals surface area (Å²) in [5, 5.41) is 8.77. The number of fused-ring (bicyclic) bond motifs is 1. The molecule has 4 aromatic rings. The van der Waals surface area contributed by atoms with Crippen molar-refractivity contribution in [1.29, 1.82) is 0 Å². The normalized spacial score (nSPS) is 10.9. The van der Waals surface area contributed by atoms with Crippen LogP contribution in [0.5, 0.6) is 0 Å². The van der Waals surface area contributed by atoms with E-state index in [-0.39, 0.29) is 17.8 Å². The summed E-state index contributed by atoms with van der Waals surface area (Å²) in [5.41, 5.74) is 1.84. The van der Waals surface area contributed by atoms with Crippen molar-refractivity contribution in [3.63, 3.8) is 0 Å². The largest absolute Gasteiger partial charge is 0.467 e. The molecule has 0 atom stereocenters. The number of pyridine rings is 1. The standard InChI is InChI=1S/C22H20N4O7/c1-11-7-15(13(3)32-11)17-8-16(19-12(2)26-33-20(19)24-17)21(28)31-10-18(27)25-22(29)23-9-14-5-4-6-30-14/h4-8H,9-10H2,1-3H3,(H2,23,25,27,29). The third kappa shape index (κ3) is 4.76. The zero-order valence-electron chi connectivity index (χ0n) is 18.1. The molecule has 4 aromatic heterocycles. The first-order valence-corrected chi connectivity index (χ1v) is 9.93. The summed E-state index contributed by atoms with van der Waals surface area (Å²) in [6.07, 6.45) is 1.47. The molecular formula is C22H20N4O7. The topological polar surface area (TPSA) is 150 Å². The molecule has 0 saturated carbocycles. The van der Waals surface area contributed by atoms with Crippen molar-refractivity contribution in [2.45, 2.75) is 27.3 Å². The molecule has 0 spiro atoms. The number of amides is 3. The second-order valence-corrected chi connectivity index (χ2v) is 7.22. The number of ether oxygens (including phenoxy) is 1. The van der Waals surface area contributed by atoms with Crippen LogP contribution in [-0.2, 0) is 16.1 Å². The van der Waals surface area contributed by atoms with Gasteiger partial charge in [0.15, 0.2) is 6.61 Å². The van der Waals surface area contributed by atoms with Crippen molar-refractivity contribution in [1.82, 2.24) is 20.8 Å². The van der Waals surface area contributed by atoms with Gasteiger partial charge in [-0.3, -0.25) is 10.1 Å². The highest BCUT2D eigenvalue weighted by Gasteiger charge is 2.23. The number of aromatic nitrogens is 2. The molecule has 33 heavy (non-hydrogen) atoms. The van der Waals surface area contributed by atoms with Crippen LogP contribution in [0, 0.1) is 20.8 Å². The van der Waals surface area contributed by atoms with Crippen LogP contribution in [0.25, 0.3) is 22.4 Å². The second kappa shape index (κ2) is 8.99. The summed E-state index contributed by atoms with van der Waals surface area (Å²) in [6, 6.07) is 5.91. The monoisotopic (exact) mass is 452 g/mol. The number of furan rings is 2. The number of hydrogen-bond donors (Lipinski definition) is 2. The molecule has 11 heteroatoms. The van der Waals surface area contributed by atoms with Gasteiger partial charge in [0, 0.05) is 5.56 Å². The van der Waals surface area contributed by atoms with Crippen LogP contribution >= 0.6 is 0 Å². The zero-order valence-corrected chi connectivity index (χ0v) is 18.1. The van der Waals surface area contributed by atoms with E-state index >= 15 is 0 Å². The van der Waals surface area contributed by atoms with E-state index in [9.17, 15) is 14.4 Å². The van der Waals surface area contributed by atoms with Crippen molar-refractivity contribution in [2.75, 3.05) is 6.61 Å². The van der Waals surface area contributed by atoms with Crippen LogP contribution in [0.2, 0.25) is 0 Å². The lowest BCUT2D eigenvalue weighted by molar-refractivity contribution is -0.123. The molecule has 0 radical (unpaired) electrons. The first kappa shape index (κ1) is 21.8. The summed E-state index contributed by atoms with van der Waals surface area (Å²) in [5.74, 6) is 0.237. The fraction of sp³-hybridized carbons (Fsp3) is 0.227. The zero-order chi connectivity index (χ0) is 23.5. The number of nitrogens with one attached hydrogen (secondary N) is 2. The van der Waals surface area contributed by atoms with Gasteiger partial charge in [-0.05, 0) is 45.0 Å². The first-order chi connectivity index (χ1) is 15.8. The quantitative estimate of drug-likeness (QED) is 0.420. The Labute approximate surface area is 187 Å². The lowest BCUT2D eigenvalue weighted by Gasteiger charge is -2.08. The first-order valence-electron chi connectivity index (χ1n) is 9.93. The van der Waals surface area contributed by atoms with E-state index in [1.165, 1.54) is 12.3 Å². The van der Waals surface area contributed by atoms with E-state index < -0.39 is 24.5 Å². The van der Waals surface area contributed by atoms with Crippen LogP contribution in [0.4, 0.5) is 4.79 Å². The molecule has 4 rings (SSSR count). The Morgan fingerprint density at radius 3 is 2.67 bits per heavy atom.